The van der Waals surface area contributed by atoms with Crippen LogP contribution in [-0.4, -0.2) is 5.04 Å². The van der Waals surface area contributed by atoms with E-state index in [9.17, 15) is 0 Å². The molecule has 2 heteroatoms. The van der Waals surface area contributed by atoms with Gasteiger partial charge in [0.2, 0.25) is 0 Å². The quantitative estimate of drug-likeness (QED) is 0.693. The molecule has 0 aromatic heterocycles. The van der Waals surface area contributed by atoms with Gasteiger partial charge in [-0.3, -0.25) is 0 Å². The van der Waals surface area contributed by atoms with Crippen molar-refractivity contribution in [1.82, 2.24) is 0 Å². The van der Waals surface area contributed by atoms with Crippen molar-refractivity contribution < 1.29 is 0 Å². The summed E-state index contributed by atoms with van der Waals surface area (Å²) < 4.78 is 0. The summed E-state index contributed by atoms with van der Waals surface area (Å²) in [4.78, 5) is 4.42. The summed E-state index contributed by atoms with van der Waals surface area (Å²) >= 11 is 1.66. The van der Waals surface area contributed by atoms with Gasteiger partial charge in [-0.15, -0.1) is 0 Å². The number of benzene rings is 1. The first kappa shape index (κ1) is 10.2. The molecule has 1 heterocycles. The molecule has 0 radical (unpaired) electrons. The Labute approximate surface area is 94.6 Å². The summed E-state index contributed by atoms with van der Waals surface area (Å²) in [6, 6.07) is 6.46. The maximum Gasteiger partial charge on any atom is 0.108 e. The number of aryl methyl sites for hydroxylation is 2. The Morgan fingerprint density at radius 1 is 1.13 bits per heavy atom. The van der Waals surface area contributed by atoms with E-state index >= 15 is 0 Å². The van der Waals surface area contributed by atoms with E-state index < -0.39 is 0 Å². The Balaban J connectivity index is 2.41. The molecule has 0 bridgehead atoms. The topological polar surface area (TPSA) is 12.4 Å². The first-order chi connectivity index (χ1) is 7.27. The third-order valence-corrected chi connectivity index (χ3v) is 3.10. The van der Waals surface area contributed by atoms with Gasteiger partial charge >= 0.3 is 0 Å². The van der Waals surface area contributed by atoms with Gasteiger partial charge in [0.05, 0.1) is 0 Å². The van der Waals surface area contributed by atoms with Crippen molar-refractivity contribution in [2.24, 2.45) is 4.99 Å². The van der Waals surface area contributed by atoms with Crippen molar-refractivity contribution in [2.75, 3.05) is 0 Å². The van der Waals surface area contributed by atoms with Crippen LogP contribution in [0.4, 0.5) is 0 Å². The van der Waals surface area contributed by atoms with Crippen LogP contribution in [0.1, 0.15) is 16.7 Å². The molecule has 0 amide bonds. The average Bonchev–Trinajstić information content (AvgIpc) is 2.46. The largest absolute Gasteiger partial charge is 0.249 e. The molecular formula is C13H13NS. The lowest BCUT2D eigenvalue weighted by molar-refractivity contribution is 1.37. The van der Waals surface area contributed by atoms with Gasteiger partial charge in [-0.2, -0.15) is 0 Å². The zero-order chi connectivity index (χ0) is 10.7. The van der Waals surface area contributed by atoms with Crippen LogP contribution in [0.25, 0.3) is 0 Å². The second kappa shape index (κ2) is 4.49. The molecule has 2 rings (SSSR count). The van der Waals surface area contributed by atoms with Crippen LogP contribution in [0.3, 0.4) is 0 Å². The summed E-state index contributed by atoms with van der Waals surface area (Å²) in [5.74, 6) is 0. The lowest BCUT2D eigenvalue weighted by Gasteiger charge is -2.06. The molecule has 1 aliphatic rings. The van der Waals surface area contributed by atoms with Gasteiger partial charge < -0.3 is 0 Å². The highest BCUT2D eigenvalue weighted by Gasteiger charge is 2.06. The van der Waals surface area contributed by atoms with Gasteiger partial charge in [0.1, 0.15) is 5.04 Å². The van der Waals surface area contributed by atoms with Gasteiger partial charge in [0.15, 0.2) is 0 Å². The molecule has 1 nitrogen and oxygen atoms in total. The van der Waals surface area contributed by atoms with Crippen molar-refractivity contribution >= 4 is 16.8 Å². The predicted octanol–water partition coefficient (Wildman–Crippen LogP) is 3.82. The maximum atomic E-state index is 4.42. The van der Waals surface area contributed by atoms with E-state index in [2.05, 4.69) is 42.4 Å². The number of hydrogen-bond acceptors (Lipinski definition) is 2. The highest BCUT2D eigenvalue weighted by molar-refractivity contribution is 8.16. The van der Waals surface area contributed by atoms with Crippen LogP contribution in [0.2, 0.25) is 0 Å². The Morgan fingerprint density at radius 3 is 2.80 bits per heavy atom. The fraction of sp³-hybridized carbons (Fsp3) is 0.154. The van der Waals surface area contributed by atoms with Gasteiger partial charge in [-0.1, -0.05) is 41.6 Å². The molecule has 0 saturated heterocycles. The number of nitrogens with zero attached hydrogens (tertiary/aromatic N) is 1. The van der Waals surface area contributed by atoms with E-state index in [1.807, 2.05) is 18.4 Å². The molecule has 0 unspecified atom stereocenters. The lowest BCUT2D eigenvalue weighted by atomic mass is 10.1. The summed E-state index contributed by atoms with van der Waals surface area (Å²) in [6.07, 6.45) is 5.79. The standard InChI is InChI=1S/C13H13NS/c1-10-5-6-12(11(2)9-10)13-14-7-3-4-8-15-13/h3-9H,1-2H3. The summed E-state index contributed by atoms with van der Waals surface area (Å²) in [6.45, 7) is 4.24. The van der Waals surface area contributed by atoms with E-state index in [1.165, 1.54) is 16.7 Å². The first-order valence-corrected chi connectivity index (χ1v) is 5.79. The van der Waals surface area contributed by atoms with Crippen LogP contribution < -0.4 is 0 Å². The third kappa shape index (κ3) is 2.39. The molecule has 0 saturated carbocycles. The minimum Gasteiger partial charge on any atom is -0.249 e. The molecule has 1 aromatic rings. The summed E-state index contributed by atoms with van der Waals surface area (Å²) in [7, 11) is 0. The Hall–Kier alpha value is -1.28. The van der Waals surface area contributed by atoms with E-state index in [-0.39, 0.29) is 0 Å². The molecular weight excluding hydrogens is 202 g/mol. The van der Waals surface area contributed by atoms with Crippen molar-refractivity contribution in [3.8, 4) is 0 Å². The Bertz CT molecular complexity index is 456. The second-order valence-electron chi connectivity index (χ2n) is 3.54. The number of rotatable bonds is 1. The number of hydrogen-bond donors (Lipinski definition) is 0. The van der Waals surface area contributed by atoms with E-state index in [4.69, 9.17) is 0 Å². The first-order valence-electron chi connectivity index (χ1n) is 4.91. The maximum absolute atomic E-state index is 4.42. The Morgan fingerprint density at radius 2 is 2.00 bits per heavy atom. The zero-order valence-electron chi connectivity index (χ0n) is 8.90. The summed E-state index contributed by atoms with van der Waals surface area (Å²) in [5, 5.41) is 3.12. The lowest BCUT2D eigenvalue weighted by Crippen LogP contribution is -1.97. The SMILES string of the molecule is Cc1ccc(C2=NC=CC=CS2)c(C)c1. The fourth-order valence-corrected chi connectivity index (χ4v) is 2.30. The summed E-state index contributed by atoms with van der Waals surface area (Å²) in [5.41, 5.74) is 3.80. The van der Waals surface area contributed by atoms with Gasteiger partial charge in [0, 0.05) is 11.8 Å². The Kier molecular flexibility index (Phi) is 3.07. The van der Waals surface area contributed by atoms with E-state index in [0.29, 0.717) is 0 Å². The smallest absolute Gasteiger partial charge is 0.108 e. The normalized spacial score (nSPS) is 14.9. The molecule has 0 aliphatic carbocycles. The molecule has 15 heavy (non-hydrogen) atoms. The second-order valence-corrected chi connectivity index (χ2v) is 4.44. The van der Waals surface area contributed by atoms with Crippen molar-refractivity contribution in [3.05, 3.63) is 58.6 Å². The van der Waals surface area contributed by atoms with Gasteiger partial charge in [-0.05, 0) is 30.9 Å². The van der Waals surface area contributed by atoms with Crippen LogP contribution >= 0.6 is 11.8 Å². The molecule has 0 atom stereocenters. The van der Waals surface area contributed by atoms with Crippen molar-refractivity contribution in [1.29, 1.82) is 0 Å². The highest BCUT2D eigenvalue weighted by Crippen LogP contribution is 2.21. The predicted molar refractivity (Wildman–Crippen MR) is 68.3 cm³/mol. The monoisotopic (exact) mass is 215 g/mol. The molecule has 76 valence electrons. The van der Waals surface area contributed by atoms with Crippen LogP contribution in [0.15, 0.2) is 47.0 Å². The van der Waals surface area contributed by atoms with E-state index in [0.717, 1.165) is 5.04 Å². The molecule has 1 aliphatic heterocycles. The highest BCUT2D eigenvalue weighted by atomic mass is 32.2. The van der Waals surface area contributed by atoms with Crippen LogP contribution in [0.5, 0.6) is 0 Å². The van der Waals surface area contributed by atoms with E-state index in [1.54, 1.807) is 11.8 Å². The number of thioether (sulfide) groups is 1. The van der Waals surface area contributed by atoms with Gasteiger partial charge in [-0.25, -0.2) is 4.99 Å². The van der Waals surface area contributed by atoms with Crippen molar-refractivity contribution in [2.45, 2.75) is 13.8 Å². The van der Waals surface area contributed by atoms with Crippen LogP contribution in [-0.2, 0) is 0 Å². The molecule has 0 fully saturated rings. The molecule has 0 spiro atoms. The zero-order valence-corrected chi connectivity index (χ0v) is 9.71. The fourth-order valence-electron chi connectivity index (χ4n) is 1.53. The third-order valence-electron chi connectivity index (χ3n) is 2.26. The molecule has 0 N–H and O–H groups in total. The minimum atomic E-state index is 1.07. The molecule has 1 aromatic carbocycles. The number of allylic oxidation sites excluding steroid dienone is 2. The number of aliphatic imine (C=N–C) groups is 1. The minimum absolute atomic E-state index is 1.07. The average molecular weight is 215 g/mol. The van der Waals surface area contributed by atoms with Crippen molar-refractivity contribution in [3.63, 3.8) is 0 Å². The van der Waals surface area contributed by atoms with Gasteiger partial charge in [0.25, 0.3) is 0 Å². The van der Waals surface area contributed by atoms with Crippen LogP contribution in [0, 0.1) is 13.8 Å².